The van der Waals surface area contributed by atoms with Gasteiger partial charge in [-0.3, -0.25) is 0 Å². The first-order valence-electron chi connectivity index (χ1n) is 7.49. The van der Waals surface area contributed by atoms with Crippen LogP contribution in [0.25, 0.3) is 0 Å². The van der Waals surface area contributed by atoms with Crippen LogP contribution in [-0.2, 0) is 6.54 Å². The van der Waals surface area contributed by atoms with Crippen molar-refractivity contribution in [2.75, 3.05) is 5.32 Å². The number of hydrogen-bond donors (Lipinski definition) is 2. The van der Waals surface area contributed by atoms with Crippen LogP contribution in [0.1, 0.15) is 17.2 Å². The third-order valence-corrected chi connectivity index (χ3v) is 4.07. The molecule has 2 N–H and O–H groups in total. The first-order chi connectivity index (χ1) is 12.1. The van der Waals surface area contributed by atoms with Gasteiger partial charge in [0.05, 0.1) is 6.54 Å². The van der Waals surface area contributed by atoms with Gasteiger partial charge in [-0.25, -0.2) is 19.9 Å². The Balaban J connectivity index is 1.62. The largest absolute Gasteiger partial charge is 0.465 e. The summed E-state index contributed by atoms with van der Waals surface area (Å²) in [5.74, 6) is 2.10. The number of nitrogens with zero attached hydrogens (tertiary/aromatic N) is 4. The molecule has 128 valence electrons. The Hall–Kier alpha value is -2.52. The molecule has 0 atom stereocenters. The summed E-state index contributed by atoms with van der Waals surface area (Å²) in [5, 5.41) is 7.84. The number of hydrogen-bond acceptors (Lipinski definition) is 7. The highest BCUT2D eigenvalue weighted by molar-refractivity contribution is 7.99. The van der Waals surface area contributed by atoms with E-state index in [9.17, 15) is 0 Å². The van der Waals surface area contributed by atoms with E-state index in [1.54, 1.807) is 18.5 Å². The van der Waals surface area contributed by atoms with Crippen molar-refractivity contribution in [2.45, 2.75) is 30.6 Å². The van der Waals surface area contributed by atoms with Gasteiger partial charge in [0.25, 0.3) is 0 Å². The number of nitrogens with one attached hydrogen (secondary N) is 2. The molecule has 3 aromatic heterocycles. The van der Waals surface area contributed by atoms with E-state index >= 15 is 0 Å². The Morgan fingerprint density at radius 3 is 2.72 bits per heavy atom. The van der Waals surface area contributed by atoms with Gasteiger partial charge in [-0.05, 0) is 62.1 Å². The predicted molar refractivity (Wildman–Crippen MR) is 99.4 cm³/mol. The molecule has 0 saturated carbocycles. The molecule has 0 amide bonds. The van der Waals surface area contributed by atoms with E-state index in [0.717, 1.165) is 22.2 Å². The molecule has 0 radical (unpaired) electrons. The first-order valence-corrected chi connectivity index (χ1v) is 8.72. The van der Waals surface area contributed by atoms with Gasteiger partial charge in [0.15, 0.2) is 10.3 Å². The third-order valence-electron chi connectivity index (χ3n) is 3.01. The summed E-state index contributed by atoms with van der Waals surface area (Å²) >= 11 is 6.65. The summed E-state index contributed by atoms with van der Waals surface area (Å²) in [7, 11) is 0. The molecule has 3 aromatic rings. The van der Waals surface area contributed by atoms with Crippen LogP contribution >= 0.6 is 24.0 Å². The van der Waals surface area contributed by atoms with E-state index in [1.807, 2.05) is 32.0 Å². The van der Waals surface area contributed by atoms with E-state index in [1.165, 1.54) is 11.8 Å². The number of rotatable bonds is 5. The highest BCUT2D eigenvalue weighted by Crippen LogP contribution is 2.23. The molecule has 3 heterocycles. The van der Waals surface area contributed by atoms with E-state index in [0.29, 0.717) is 22.8 Å². The molecule has 0 spiro atoms. The van der Waals surface area contributed by atoms with Crippen molar-refractivity contribution >= 4 is 35.0 Å². The highest BCUT2D eigenvalue weighted by atomic mass is 32.2. The second kappa shape index (κ2) is 8.04. The lowest BCUT2D eigenvalue weighted by Crippen LogP contribution is -2.28. The van der Waals surface area contributed by atoms with Gasteiger partial charge in [-0.1, -0.05) is 0 Å². The molecule has 7 nitrogen and oxygen atoms in total. The number of thiocarbonyl (C=S) groups is 1. The maximum Gasteiger partial charge on any atom is 0.230 e. The Morgan fingerprint density at radius 1 is 1.20 bits per heavy atom. The fourth-order valence-electron chi connectivity index (χ4n) is 1.97. The van der Waals surface area contributed by atoms with Crippen molar-refractivity contribution < 1.29 is 4.42 Å². The van der Waals surface area contributed by atoms with Crippen molar-refractivity contribution in [1.29, 1.82) is 0 Å². The lowest BCUT2D eigenvalue weighted by atomic mass is 10.4. The fraction of sp³-hybridized carbons (Fsp3) is 0.188. The Labute approximate surface area is 154 Å². The van der Waals surface area contributed by atoms with Gasteiger partial charge in [-0.2, -0.15) is 0 Å². The Morgan fingerprint density at radius 2 is 2.00 bits per heavy atom. The fourth-order valence-corrected chi connectivity index (χ4v) is 2.91. The van der Waals surface area contributed by atoms with Crippen LogP contribution in [0.5, 0.6) is 0 Å². The maximum atomic E-state index is 5.49. The zero-order valence-electron chi connectivity index (χ0n) is 13.7. The summed E-state index contributed by atoms with van der Waals surface area (Å²) in [6.07, 6.45) is 3.38. The summed E-state index contributed by atoms with van der Waals surface area (Å²) in [6.45, 7) is 4.28. The average Bonchev–Trinajstić information content (AvgIpc) is 2.99. The van der Waals surface area contributed by atoms with Gasteiger partial charge in [-0.15, -0.1) is 0 Å². The molecule has 0 aliphatic heterocycles. The van der Waals surface area contributed by atoms with Crippen molar-refractivity contribution in [2.24, 2.45) is 0 Å². The highest BCUT2D eigenvalue weighted by Gasteiger charge is 2.08. The molecule has 9 heteroatoms. The molecule has 0 aliphatic carbocycles. The third kappa shape index (κ3) is 5.23. The zero-order chi connectivity index (χ0) is 17.6. The molecule has 0 unspecified atom stereocenters. The summed E-state index contributed by atoms with van der Waals surface area (Å²) in [5.41, 5.74) is 0.820. The van der Waals surface area contributed by atoms with Crippen LogP contribution < -0.4 is 10.6 Å². The predicted octanol–water partition coefficient (Wildman–Crippen LogP) is 3.11. The van der Waals surface area contributed by atoms with Gasteiger partial charge in [0.2, 0.25) is 5.95 Å². The molecular formula is C16H16N6OS2. The number of aryl methyl sites for hydroxylation is 2. The summed E-state index contributed by atoms with van der Waals surface area (Å²) in [6, 6.07) is 7.45. The number of aromatic nitrogens is 4. The number of furan rings is 1. The van der Waals surface area contributed by atoms with E-state index in [2.05, 4.69) is 30.6 Å². The molecule has 0 aliphatic rings. The quantitative estimate of drug-likeness (QED) is 0.398. The Bertz CT molecular complexity index is 868. The lowest BCUT2D eigenvalue weighted by molar-refractivity contribution is 0.478. The van der Waals surface area contributed by atoms with Gasteiger partial charge < -0.3 is 15.1 Å². The minimum atomic E-state index is 0.423. The summed E-state index contributed by atoms with van der Waals surface area (Å²) in [4.78, 5) is 17.1. The standard InChI is InChI=1S/C16H16N6OS2/c1-10-8-13(25-16-17-6-3-7-18-16)21-14(20-10)22-15(24)19-9-12-5-4-11(2)23-12/h3-8H,9H2,1-2H3,(H2,19,20,21,22,24). The minimum Gasteiger partial charge on any atom is -0.465 e. The van der Waals surface area contributed by atoms with Gasteiger partial charge in [0.1, 0.15) is 16.5 Å². The first kappa shape index (κ1) is 17.3. The normalized spacial score (nSPS) is 10.5. The monoisotopic (exact) mass is 372 g/mol. The summed E-state index contributed by atoms with van der Waals surface area (Å²) < 4.78 is 5.49. The molecule has 25 heavy (non-hydrogen) atoms. The van der Waals surface area contributed by atoms with Crippen LogP contribution in [0, 0.1) is 13.8 Å². The van der Waals surface area contributed by atoms with E-state index in [-0.39, 0.29) is 0 Å². The van der Waals surface area contributed by atoms with Gasteiger partial charge in [0, 0.05) is 18.1 Å². The second-order valence-electron chi connectivity index (χ2n) is 5.12. The SMILES string of the molecule is Cc1cc(Sc2ncccn2)nc(NC(=S)NCc2ccc(C)o2)n1. The average molecular weight is 372 g/mol. The molecule has 0 bridgehead atoms. The van der Waals surface area contributed by atoms with Crippen LogP contribution in [0.2, 0.25) is 0 Å². The van der Waals surface area contributed by atoms with Crippen molar-refractivity contribution in [3.63, 3.8) is 0 Å². The topological polar surface area (TPSA) is 88.8 Å². The molecule has 0 saturated heterocycles. The van der Waals surface area contributed by atoms with E-state index < -0.39 is 0 Å². The molecule has 0 fully saturated rings. The van der Waals surface area contributed by atoms with Crippen LogP contribution in [0.4, 0.5) is 5.95 Å². The maximum absolute atomic E-state index is 5.49. The Kier molecular flexibility index (Phi) is 5.56. The smallest absolute Gasteiger partial charge is 0.230 e. The molecule has 3 rings (SSSR count). The molecular weight excluding hydrogens is 356 g/mol. The van der Waals surface area contributed by atoms with Crippen LogP contribution in [0.15, 0.2) is 51.3 Å². The second-order valence-corrected chi connectivity index (χ2v) is 6.52. The molecule has 0 aromatic carbocycles. The van der Waals surface area contributed by atoms with Crippen LogP contribution in [0.3, 0.4) is 0 Å². The van der Waals surface area contributed by atoms with E-state index in [4.69, 9.17) is 16.6 Å². The zero-order valence-corrected chi connectivity index (χ0v) is 15.3. The minimum absolute atomic E-state index is 0.423. The van der Waals surface area contributed by atoms with Crippen molar-refractivity contribution in [1.82, 2.24) is 25.3 Å². The van der Waals surface area contributed by atoms with Gasteiger partial charge >= 0.3 is 0 Å². The van der Waals surface area contributed by atoms with Crippen LogP contribution in [-0.4, -0.2) is 25.0 Å². The van der Waals surface area contributed by atoms with Crippen molar-refractivity contribution in [3.8, 4) is 0 Å². The van der Waals surface area contributed by atoms with Crippen molar-refractivity contribution in [3.05, 3.63) is 53.9 Å². The lowest BCUT2D eigenvalue weighted by Gasteiger charge is -2.09. The number of anilines is 1.